The molecule has 1 aliphatic rings. The second-order valence-corrected chi connectivity index (χ2v) is 6.01. The van der Waals surface area contributed by atoms with Crippen molar-refractivity contribution >= 4 is 23.2 Å². The van der Waals surface area contributed by atoms with Crippen molar-refractivity contribution in [3.05, 3.63) is 52.7 Å². The van der Waals surface area contributed by atoms with Crippen LogP contribution in [-0.2, 0) is 4.74 Å². The number of aromatic nitrogens is 1. The fraction of sp³-hybridized carbons (Fsp3) is 0.278. The predicted molar refractivity (Wildman–Crippen MR) is 92.8 cm³/mol. The quantitative estimate of drug-likeness (QED) is 0.906. The molecule has 0 bridgehead atoms. The van der Waals surface area contributed by atoms with Crippen LogP contribution in [-0.4, -0.2) is 30.2 Å². The molecule has 0 radical (unpaired) electrons. The smallest absolute Gasteiger partial charge is 0.257 e. The van der Waals surface area contributed by atoms with E-state index in [4.69, 9.17) is 26.3 Å². The van der Waals surface area contributed by atoms with Gasteiger partial charge in [-0.3, -0.25) is 4.79 Å². The lowest BCUT2D eigenvalue weighted by Gasteiger charge is -2.22. The zero-order chi connectivity index (χ0) is 17.6. The molecule has 7 heteroatoms. The van der Waals surface area contributed by atoms with E-state index in [2.05, 4.69) is 10.3 Å². The summed E-state index contributed by atoms with van der Waals surface area (Å²) in [4.78, 5) is 16.5. The first-order chi connectivity index (χ1) is 12.2. The minimum absolute atomic E-state index is 0.0885. The number of anilines is 1. The Bertz CT molecular complexity index is 796. The summed E-state index contributed by atoms with van der Waals surface area (Å²) in [6.45, 7) is 1.37. The first-order valence-corrected chi connectivity index (χ1v) is 8.25. The molecule has 0 saturated carbocycles. The van der Waals surface area contributed by atoms with Crippen LogP contribution in [0.3, 0.4) is 0 Å². The third-order valence-corrected chi connectivity index (χ3v) is 4.04. The third-order valence-electron chi connectivity index (χ3n) is 3.80. The zero-order valence-corrected chi connectivity index (χ0v) is 14.1. The average Bonchev–Trinajstić information content (AvgIpc) is 2.63. The van der Waals surface area contributed by atoms with Gasteiger partial charge >= 0.3 is 0 Å². The molecule has 0 unspecified atom stereocenters. The Balaban J connectivity index is 1.66. The monoisotopic (exact) mass is 357 g/mol. The third kappa shape index (κ3) is 4.47. The number of hydrogen-bond donors (Lipinski definition) is 1. The van der Waals surface area contributed by atoms with Gasteiger partial charge in [0.25, 0.3) is 5.91 Å². The molecule has 1 aliphatic heterocycles. The number of ether oxygens (including phenoxy) is 2. The summed E-state index contributed by atoms with van der Waals surface area (Å²) in [5.74, 6) is 0.104. The van der Waals surface area contributed by atoms with E-state index in [1.165, 1.54) is 12.3 Å². The van der Waals surface area contributed by atoms with Gasteiger partial charge in [0.1, 0.15) is 12.2 Å². The van der Waals surface area contributed by atoms with Crippen molar-refractivity contribution in [2.45, 2.75) is 18.9 Å². The van der Waals surface area contributed by atoms with Gasteiger partial charge in [0.2, 0.25) is 5.88 Å². The molecule has 1 aromatic carbocycles. The van der Waals surface area contributed by atoms with Gasteiger partial charge in [-0.25, -0.2) is 4.98 Å². The lowest BCUT2D eigenvalue weighted by atomic mass is 10.1. The number of amides is 1. The molecule has 128 valence electrons. The van der Waals surface area contributed by atoms with Gasteiger partial charge < -0.3 is 14.8 Å². The first kappa shape index (κ1) is 17.2. The minimum atomic E-state index is -0.371. The fourth-order valence-electron chi connectivity index (χ4n) is 2.46. The summed E-state index contributed by atoms with van der Waals surface area (Å²) in [5, 5.41) is 12.2. The van der Waals surface area contributed by atoms with E-state index in [-0.39, 0.29) is 12.0 Å². The number of halogens is 1. The van der Waals surface area contributed by atoms with Gasteiger partial charge in [-0.1, -0.05) is 11.6 Å². The molecule has 1 amide bonds. The van der Waals surface area contributed by atoms with Crippen LogP contribution in [0.1, 0.15) is 28.8 Å². The second-order valence-electron chi connectivity index (χ2n) is 5.57. The standard InChI is InChI=1S/C18H16ClN3O3/c19-14-3-1-12(10-20)16(9-14)22-18(23)13-2-4-17(21-11-13)25-15-5-7-24-8-6-15/h1-4,9,11,15H,5-8H2,(H,22,23). The van der Waals surface area contributed by atoms with Crippen molar-refractivity contribution < 1.29 is 14.3 Å². The number of carbonyl (C=O) groups excluding carboxylic acids is 1. The molecule has 1 fully saturated rings. The number of benzene rings is 1. The van der Waals surface area contributed by atoms with Crippen molar-refractivity contribution in [1.29, 1.82) is 5.26 Å². The molecule has 1 N–H and O–H groups in total. The van der Waals surface area contributed by atoms with Crippen LogP contribution < -0.4 is 10.1 Å². The average molecular weight is 358 g/mol. The molecule has 25 heavy (non-hydrogen) atoms. The number of pyridine rings is 1. The maximum atomic E-state index is 12.3. The van der Waals surface area contributed by atoms with E-state index in [9.17, 15) is 4.79 Å². The predicted octanol–water partition coefficient (Wildman–Crippen LogP) is 3.42. The van der Waals surface area contributed by atoms with Crippen LogP contribution in [0.15, 0.2) is 36.5 Å². The summed E-state index contributed by atoms with van der Waals surface area (Å²) in [5.41, 5.74) is 1.07. The largest absolute Gasteiger partial charge is 0.474 e. The zero-order valence-electron chi connectivity index (χ0n) is 13.4. The lowest BCUT2D eigenvalue weighted by Crippen LogP contribution is -2.26. The van der Waals surface area contributed by atoms with Gasteiger partial charge in [-0.05, 0) is 24.3 Å². The van der Waals surface area contributed by atoms with Gasteiger partial charge in [0.15, 0.2) is 0 Å². The van der Waals surface area contributed by atoms with Crippen molar-refractivity contribution in [2.24, 2.45) is 0 Å². The molecule has 1 aromatic heterocycles. The molecule has 6 nitrogen and oxygen atoms in total. The number of nitrogens with one attached hydrogen (secondary N) is 1. The number of rotatable bonds is 4. The van der Waals surface area contributed by atoms with Crippen LogP contribution in [0, 0.1) is 11.3 Å². The van der Waals surface area contributed by atoms with Crippen LogP contribution in [0.25, 0.3) is 0 Å². The SMILES string of the molecule is N#Cc1ccc(Cl)cc1NC(=O)c1ccc(OC2CCOCC2)nc1. The molecule has 0 atom stereocenters. The van der Waals surface area contributed by atoms with E-state index in [1.54, 1.807) is 24.3 Å². The van der Waals surface area contributed by atoms with Crippen LogP contribution in [0.5, 0.6) is 5.88 Å². The molecular weight excluding hydrogens is 342 g/mol. The highest BCUT2D eigenvalue weighted by atomic mass is 35.5. The molecular formula is C18H16ClN3O3. The lowest BCUT2D eigenvalue weighted by molar-refractivity contribution is 0.0237. The maximum Gasteiger partial charge on any atom is 0.257 e. The Hall–Kier alpha value is -2.62. The summed E-state index contributed by atoms with van der Waals surface area (Å²) < 4.78 is 11.1. The van der Waals surface area contributed by atoms with Gasteiger partial charge in [0.05, 0.1) is 30.0 Å². The minimum Gasteiger partial charge on any atom is -0.474 e. The Labute approximate surface area is 150 Å². The highest BCUT2D eigenvalue weighted by Gasteiger charge is 2.16. The van der Waals surface area contributed by atoms with E-state index < -0.39 is 0 Å². The molecule has 0 spiro atoms. The van der Waals surface area contributed by atoms with Crippen molar-refractivity contribution in [3.8, 4) is 11.9 Å². The van der Waals surface area contributed by atoms with Crippen molar-refractivity contribution in [1.82, 2.24) is 4.98 Å². The fourth-order valence-corrected chi connectivity index (χ4v) is 2.63. The van der Waals surface area contributed by atoms with E-state index in [1.807, 2.05) is 6.07 Å². The Morgan fingerprint density at radius 3 is 2.80 bits per heavy atom. The summed E-state index contributed by atoms with van der Waals surface area (Å²) in [6.07, 6.45) is 3.19. The molecule has 1 saturated heterocycles. The topological polar surface area (TPSA) is 84.2 Å². The Morgan fingerprint density at radius 1 is 1.32 bits per heavy atom. The van der Waals surface area contributed by atoms with Gasteiger partial charge in [-0.15, -0.1) is 0 Å². The summed E-state index contributed by atoms with van der Waals surface area (Å²) >= 11 is 5.92. The van der Waals surface area contributed by atoms with Gasteiger partial charge in [-0.2, -0.15) is 5.26 Å². The van der Waals surface area contributed by atoms with Crippen LogP contribution in [0.2, 0.25) is 5.02 Å². The van der Waals surface area contributed by atoms with Crippen molar-refractivity contribution in [3.63, 3.8) is 0 Å². The van der Waals surface area contributed by atoms with E-state index in [0.29, 0.717) is 40.9 Å². The van der Waals surface area contributed by atoms with E-state index >= 15 is 0 Å². The van der Waals surface area contributed by atoms with Gasteiger partial charge in [0, 0.05) is 30.1 Å². The highest BCUT2D eigenvalue weighted by Crippen LogP contribution is 2.21. The van der Waals surface area contributed by atoms with Crippen LogP contribution in [0.4, 0.5) is 5.69 Å². The number of nitrogens with zero attached hydrogens (tertiary/aromatic N) is 2. The summed E-state index contributed by atoms with van der Waals surface area (Å²) in [7, 11) is 0. The normalized spacial score (nSPS) is 14.6. The maximum absolute atomic E-state index is 12.3. The Kier molecular flexibility index (Phi) is 5.49. The highest BCUT2D eigenvalue weighted by molar-refractivity contribution is 6.31. The first-order valence-electron chi connectivity index (χ1n) is 7.87. The number of hydrogen-bond acceptors (Lipinski definition) is 5. The number of carbonyl (C=O) groups is 1. The molecule has 2 aromatic rings. The number of nitriles is 1. The Morgan fingerprint density at radius 2 is 2.12 bits per heavy atom. The summed E-state index contributed by atoms with van der Waals surface area (Å²) in [6, 6.07) is 10.00. The van der Waals surface area contributed by atoms with E-state index in [0.717, 1.165) is 12.8 Å². The van der Waals surface area contributed by atoms with Crippen molar-refractivity contribution in [2.75, 3.05) is 18.5 Å². The second kappa shape index (κ2) is 7.97. The molecule has 3 rings (SSSR count). The molecule has 2 heterocycles. The van der Waals surface area contributed by atoms with Crippen LogP contribution >= 0.6 is 11.6 Å². The molecule has 0 aliphatic carbocycles.